The largest absolute Gasteiger partial charge is 0.481 e. The topological polar surface area (TPSA) is 96.4 Å². The Labute approximate surface area is 167 Å². The fourth-order valence-electron chi connectivity index (χ4n) is 3.68. The van der Waals surface area contributed by atoms with Crippen LogP contribution in [-0.4, -0.2) is 24.5 Å². The third kappa shape index (κ3) is 4.70. The molecular weight excluding hydrogens is 403 g/mol. The van der Waals surface area contributed by atoms with Crippen molar-refractivity contribution < 1.29 is 22.7 Å². The molecule has 28 heavy (non-hydrogen) atoms. The number of nitrogens with zero attached hydrogens (tertiary/aromatic N) is 1. The lowest BCUT2D eigenvalue weighted by molar-refractivity contribution is -0.138. The number of nitrogens with one attached hydrogen (secondary N) is 1. The van der Waals surface area contributed by atoms with Gasteiger partial charge >= 0.3 is 5.97 Å². The van der Waals surface area contributed by atoms with Crippen molar-refractivity contribution in [2.75, 3.05) is 4.72 Å². The van der Waals surface area contributed by atoms with E-state index in [0.717, 1.165) is 42.3 Å². The van der Waals surface area contributed by atoms with Crippen LogP contribution in [0.1, 0.15) is 55.5 Å². The second-order valence-electron chi connectivity index (χ2n) is 7.05. The number of benzene rings is 1. The van der Waals surface area contributed by atoms with Crippen LogP contribution in [-0.2, 0) is 21.2 Å². The first-order chi connectivity index (χ1) is 13.3. The third-order valence-electron chi connectivity index (χ3n) is 4.98. The van der Waals surface area contributed by atoms with E-state index in [1.165, 1.54) is 29.5 Å². The van der Waals surface area contributed by atoms with Crippen LogP contribution in [0, 0.1) is 11.7 Å². The Bertz CT molecular complexity index is 959. The van der Waals surface area contributed by atoms with Gasteiger partial charge in [0.2, 0.25) is 0 Å². The summed E-state index contributed by atoms with van der Waals surface area (Å²) >= 11 is 1.23. The number of carboxylic acids is 1. The van der Waals surface area contributed by atoms with Crippen LogP contribution < -0.4 is 4.72 Å². The average molecular weight is 427 g/mol. The highest BCUT2D eigenvalue weighted by atomic mass is 32.2. The molecular formula is C19H23FN2O4S2. The number of fused-ring (bicyclic) bond motifs is 1. The van der Waals surface area contributed by atoms with Crippen molar-refractivity contribution in [3.63, 3.8) is 0 Å². The molecule has 0 aliphatic heterocycles. The number of aromatic nitrogens is 1. The molecule has 0 amide bonds. The molecule has 3 rings (SSSR count). The van der Waals surface area contributed by atoms with Gasteiger partial charge in [0.15, 0.2) is 5.13 Å². The summed E-state index contributed by atoms with van der Waals surface area (Å²) in [7, 11) is -3.93. The average Bonchev–Trinajstić information content (AvgIpc) is 3.12. The molecule has 1 aliphatic rings. The number of hydrogen-bond donors (Lipinski definition) is 2. The minimum absolute atomic E-state index is 0.00279. The van der Waals surface area contributed by atoms with Gasteiger partial charge in [0, 0.05) is 17.2 Å². The summed E-state index contributed by atoms with van der Waals surface area (Å²) in [5.41, 5.74) is 0.810. The fourth-order valence-corrected chi connectivity index (χ4v) is 6.07. The van der Waals surface area contributed by atoms with Gasteiger partial charge in [-0.05, 0) is 37.0 Å². The zero-order valence-electron chi connectivity index (χ0n) is 15.5. The number of aliphatic carboxylic acids is 1. The van der Waals surface area contributed by atoms with Gasteiger partial charge < -0.3 is 5.11 Å². The molecule has 2 aromatic rings. The normalized spacial score (nSPS) is 18.8. The lowest BCUT2D eigenvalue weighted by Crippen LogP contribution is -2.15. The minimum atomic E-state index is -3.93. The number of sulfonamides is 1. The fraction of sp³-hybridized carbons (Fsp3) is 0.474. The zero-order chi connectivity index (χ0) is 20.3. The molecule has 1 aromatic heterocycles. The summed E-state index contributed by atoms with van der Waals surface area (Å²) < 4.78 is 40.8. The van der Waals surface area contributed by atoms with Gasteiger partial charge in [-0.3, -0.25) is 9.52 Å². The van der Waals surface area contributed by atoms with Crippen LogP contribution in [0.5, 0.6) is 0 Å². The smallest absolute Gasteiger partial charge is 0.303 e. The molecule has 0 fully saturated rings. The van der Waals surface area contributed by atoms with E-state index in [2.05, 4.69) is 16.6 Å². The van der Waals surface area contributed by atoms with E-state index in [1.54, 1.807) is 0 Å². The van der Waals surface area contributed by atoms with Crippen LogP contribution >= 0.6 is 11.3 Å². The van der Waals surface area contributed by atoms with Crippen molar-refractivity contribution in [3.8, 4) is 0 Å². The molecule has 0 bridgehead atoms. The number of rotatable bonds is 9. The maximum Gasteiger partial charge on any atom is 0.303 e. The number of carbonyl (C=O) groups is 1. The standard InChI is InChI=1S/C19H23FN2O4S2/c1-2-3-4-8-15-12(10-17(23)24)9-16-18(15)21-19(27-16)22-28(25,26)14-7-5-6-13(20)11-14/h5-7,11-12,15H,2-4,8-10H2,1H3,(H,21,22)(H,23,24). The Balaban J connectivity index is 1.80. The van der Waals surface area contributed by atoms with Crippen molar-refractivity contribution in [2.24, 2.45) is 5.92 Å². The first kappa shape index (κ1) is 20.7. The Morgan fingerprint density at radius 2 is 2.18 bits per heavy atom. The molecule has 1 aliphatic carbocycles. The molecule has 0 saturated heterocycles. The predicted octanol–water partition coefficient (Wildman–Crippen LogP) is 4.39. The van der Waals surface area contributed by atoms with Gasteiger partial charge in [0.1, 0.15) is 5.82 Å². The molecule has 9 heteroatoms. The van der Waals surface area contributed by atoms with Crippen molar-refractivity contribution >= 4 is 32.5 Å². The van der Waals surface area contributed by atoms with Gasteiger partial charge in [-0.1, -0.05) is 32.3 Å². The van der Waals surface area contributed by atoms with E-state index in [9.17, 15) is 22.7 Å². The SMILES string of the molecule is CCCCCC1c2nc(NS(=O)(=O)c3cccc(F)c3)sc2CC1CC(=O)O. The maximum absolute atomic E-state index is 13.4. The van der Waals surface area contributed by atoms with E-state index in [0.29, 0.717) is 6.42 Å². The summed E-state index contributed by atoms with van der Waals surface area (Å²) in [6, 6.07) is 4.80. The van der Waals surface area contributed by atoms with Gasteiger partial charge in [0.05, 0.1) is 10.6 Å². The summed E-state index contributed by atoms with van der Waals surface area (Å²) in [5, 5.41) is 9.44. The molecule has 2 atom stereocenters. The van der Waals surface area contributed by atoms with Gasteiger partial charge in [0.25, 0.3) is 10.0 Å². The molecule has 0 saturated carbocycles. The molecule has 6 nitrogen and oxygen atoms in total. The van der Waals surface area contributed by atoms with Gasteiger partial charge in [-0.2, -0.15) is 0 Å². The molecule has 152 valence electrons. The van der Waals surface area contributed by atoms with Crippen molar-refractivity contribution in [3.05, 3.63) is 40.7 Å². The highest BCUT2D eigenvalue weighted by Crippen LogP contribution is 2.46. The number of anilines is 1. The Kier molecular flexibility index (Phi) is 6.34. The number of carboxylic acid groups (broad SMARTS) is 1. The Hall–Kier alpha value is -2.00. The van der Waals surface area contributed by atoms with Crippen molar-refractivity contribution in [1.82, 2.24) is 4.98 Å². The van der Waals surface area contributed by atoms with Crippen molar-refractivity contribution in [1.29, 1.82) is 0 Å². The lowest BCUT2D eigenvalue weighted by atomic mass is 9.87. The van der Waals surface area contributed by atoms with Crippen molar-refractivity contribution in [2.45, 2.75) is 56.3 Å². The van der Waals surface area contributed by atoms with Crippen LogP contribution in [0.2, 0.25) is 0 Å². The number of hydrogen-bond acceptors (Lipinski definition) is 5. The van der Waals surface area contributed by atoms with E-state index >= 15 is 0 Å². The molecule has 2 N–H and O–H groups in total. The van der Waals surface area contributed by atoms with E-state index in [1.807, 2.05) is 0 Å². The van der Waals surface area contributed by atoms with Gasteiger partial charge in [-0.15, -0.1) is 11.3 Å². The molecule has 2 unspecified atom stereocenters. The predicted molar refractivity (Wildman–Crippen MR) is 106 cm³/mol. The summed E-state index contributed by atoms with van der Waals surface area (Å²) in [6.07, 6.45) is 4.65. The lowest BCUT2D eigenvalue weighted by Gasteiger charge is -2.18. The van der Waals surface area contributed by atoms with E-state index in [4.69, 9.17) is 0 Å². The van der Waals surface area contributed by atoms with Crippen LogP contribution in [0.3, 0.4) is 0 Å². The quantitative estimate of drug-likeness (QED) is 0.580. The molecule has 0 radical (unpaired) electrons. The van der Waals surface area contributed by atoms with E-state index < -0.39 is 21.8 Å². The number of thiazole rings is 1. The number of unbranched alkanes of at least 4 members (excludes halogenated alkanes) is 2. The maximum atomic E-state index is 13.4. The Morgan fingerprint density at radius 1 is 1.39 bits per heavy atom. The monoisotopic (exact) mass is 426 g/mol. The molecule has 0 spiro atoms. The summed E-state index contributed by atoms with van der Waals surface area (Å²) in [5.74, 6) is -1.43. The van der Waals surface area contributed by atoms with Crippen LogP contribution in [0.4, 0.5) is 9.52 Å². The third-order valence-corrected chi connectivity index (χ3v) is 7.45. The Morgan fingerprint density at radius 3 is 2.86 bits per heavy atom. The molecule has 1 heterocycles. The molecule has 1 aromatic carbocycles. The summed E-state index contributed by atoms with van der Waals surface area (Å²) in [6.45, 7) is 2.11. The highest BCUT2D eigenvalue weighted by molar-refractivity contribution is 7.93. The first-order valence-corrected chi connectivity index (χ1v) is 11.6. The number of halogens is 1. The van der Waals surface area contributed by atoms with Crippen LogP contribution in [0.15, 0.2) is 29.2 Å². The van der Waals surface area contributed by atoms with Crippen LogP contribution in [0.25, 0.3) is 0 Å². The second-order valence-corrected chi connectivity index (χ2v) is 9.82. The van der Waals surface area contributed by atoms with E-state index in [-0.39, 0.29) is 28.3 Å². The second kappa shape index (κ2) is 8.57. The minimum Gasteiger partial charge on any atom is -0.481 e. The highest BCUT2D eigenvalue weighted by Gasteiger charge is 2.37. The van der Waals surface area contributed by atoms with Gasteiger partial charge in [-0.25, -0.2) is 17.8 Å². The summed E-state index contributed by atoms with van der Waals surface area (Å²) in [4.78, 5) is 16.5. The first-order valence-electron chi connectivity index (χ1n) is 9.30. The zero-order valence-corrected chi connectivity index (χ0v) is 17.2.